The summed E-state index contributed by atoms with van der Waals surface area (Å²) in [6.07, 6.45) is -4.83. The van der Waals surface area contributed by atoms with Gasteiger partial charge in [0.2, 0.25) is 10.0 Å². The van der Waals surface area contributed by atoms with Gasteiger partial charge in [0.15, 0.2) is 9.84 Å². The van der Waals surface area contributed by atoms with E-state index in [2.05, 4.69) is 4.98 Å². The number of aryl methyl sites for hydroxylation is 1. The van der Waals surface area contributed by atoms with Crippen LogP contribution in [0.2, 0.25) is 0 Å². The SMILES string of the molecule is Cc1nc(C(F)(F)F)ccc1S(=O)(=O)N1CC(S(=O)(=O)c2ccc(C#N)c(F)c2)[C@](O)(CO)C1. The monoisotopic (exact) mass is 523 g/mol. The van der Waals surface area contributed by atoms with Crippen molar-refractivity contribution in [1.29, 1.82) is 5.26 Å². The molecule has 1 fully saturated rings. The largest absolute Gasteiger partial charge is 0.433 e. The lowest BCUT2D eigenvalue weighted by atomic mass is 10.1. The quantitative estimate of drug-likeness (QED) is 0.552. The molecule has 1 aliphatic rings. The number of nitriles is 1. The Morgan fingerprint density at radius 2 is 1.88 bits per heavy atom. The van der Waals surface area contributed by atoms with Gasteiger partial charge < -0.3 is 10.2 Å². The van der Waals surface area contributed by atoms with Crippen molar-refractivity contribution >= 4 is 19.9 Å². The Hall–Kier alpha value is -2.64. The van der Waals surface area contributed by atoms with E-state index in [0.717, 1.165) is 19.1 Å². The Morgan fingerprint density at radius 3 is 2.38 bits per heavy atom. The molecule has 0 bridgehead atoms. The van der Waals surface area contributed by atoms with Gasteiger partial charge in [0.1, 0.15) is 33.3 Å². The third-order valence-corrected chi connectivity index (χ3v) is 9.60. The second kappa shape index (κ2) is 8.54. The topological polar surface area (TPSA) is 149 Å². The minimum absolute atomic E-state index is 0.446. The fourth-order valence-electron chi connectivity index (χ4n) is 3.59. The van der Waals surface area contributed by atoms with E-state index >= 15 is 0 Å². The van der Waals surface area contributed by atoms with Crippen molar-refractivity contribution in [2.75, 3.05) is 19.7 Å². The molecule has 1 aliphatic heterocycles. The van der Waals surface area contributed by atoms with Crippen LogP contribution in [0.3, 0.4) is 0 Å². The molecule has 0 radical (unpaired) electrons. The smallest absolute Gasteiger partial charge is 0.393 e. The number of pyridine rings is 1. The summed E-state index contributed by atoms with van der Waals surface area (Å²) in [5.74, 6) is -1.16. The number of hydrogen-bond donors (Lipinski definition) is 2. The molecule has 184 valence electrons. The molecule has 2 N–H and O–H groups in total. The molecule has 15 heteroatoms. The van der Waals surface area contributed by atoms with Crippen molar-refractivity contribution < 1.29 is 44.6 Å². The van der Waals surface area contributed by atoms with Crippen LogP contribution in [0.5, 0.6) is 0 Å². The van der Waals surface area contributed by atoms with E-state index < -0.39 is 89.1 Å². The Labute approximate surface area is 191 Å². The number of halogens is 4. The van der Waals surface area contributed by atoms with Crippen LogP contribution < -0.4 is 0 Å². The molecule has 3 rings (SSSR count). The first-order chi connectivity index (χ1) is 15.6. The van der Waals surface area contributed by atoms with Crippen LogP contribution in [0.4, 0.5) is 17.6 Å². The highest BCUT2D eigenvalue weighted by molar-refractivity contribution is 7.92. The number of hydrogen-bond acceptors (Lipinski definition) is 8. The Bertz CT molecular complexity index is 1390. The molecule has 0 spiro atoms. The zero-order valence-electron chi connectivity index (χ0n) is 17.3. The first-order valence-electron chi connectivity index (χ1n) is 9.39. The molecule has 34 heavy (non-hydrogen) atoms. The molecule has 0 aliphatic carbocycles. The fourth-order valence-corrected chi connectivity index (χ4v) is 7.32. The molecule has 1 unspecified atom stereocenters. The summed E-state index contributed by atoms with van der Waals surface area (Å²) < 4.78 is 106. The highest BCUT2D eigenvalue weighted by Crippen LogP contribution is 2.36. The second-order valence-corrected chi connectivity index (χ2v) is 11.7. The van der Waals surface area contributed by atoms with Crippen LogP contribution in [0.1, 0.15) is 17.0 Å². The van der Waals surface area contributed by atoms with E-state index in [4.69, 9.17) is 5.26 Å². The number of rotatable bonds is 5. The minimum atomic E-state index is -4.83. The van der Waals surface area contributed by atoms with Crippen molar-refractivity contribution in [2.24, 2.45) is 0 Å². The van der Waals surface area contributed by atoms with Gasteiger partial charge in [-0.15, -0.1) is 0 Å². The Morgan fingerprint density at radius 1 is 1.24 bits per heavy atom. The summed E-state index contributed by atoms with van der Waals surface area (Å²) in [5, 5.41) is 27.3. The maximum Gasteiger partial charge on any atom is 0.433 e. The van der Waals surface area contributed by atoms with Crippen molar-refractivity contribution in [3.63, 3.8) is 0 Å². The summed E-state index contributed by atoms with van der Waals surface area (Å²) in [7, 11) is -9.30. The number of nitrogens with zero attached hydrogens (tertiary/aromatic N) is 3. The molecule has 0 amide bonds. The maximum atomic E-state index is 14.0. The van der Waals surface area contributed by atoms with Crippen molar-refractivity contribution in [3.8, 4) is 6.07 Å². The van der Waals surface area contributed by atoms with Crippen molar-refractivity contribution in [1.82, 2.24) is 9.29 Å². The van der Waals surface area contributed by atoms with E-state index in [9.17, 15) is 44.6 Å². The zero-order valence-corrected chi connectivity index (χ0v) is 18.9. The van der Waals surface area contributed by atoms with Gasteiger partial charge in [-0.05, 0) is 37.3 Å². The number of sulfonamides is 1. The van der Waals surface area contributed by atoms with Crippen LogP contribution in [0.25, 0.3) is 0 Å². The Kier molecular flexibility index (Phi) is 6.52. The van der Waals surface area contributed by atoms with Gasteiger partial charge in [0, 0.05) is 13.1 Å². The molecule has 2 aromatic rings. The normalized spacial score (nSPS) is 22.0. The van der Waals surface area contributed by atoms with Crippen molar-refractivity contribution in [3.05, 3.63) is 53.1 Å². The lowest BCUT2D eigenvalue weighted by Gasteiger charge is -2.26. The molecule has 2 atom stereocenters. The van der Waals surface area contributed by atoms with Crippen LogP contribution in [-0.2, 0) is 26.0 Å². The van der Waals surface area contributed by atoms with E-state index in [0.29, 0.717) is 22.5 Å². The highest BCUT2D eigenvalue weighted by Gasteiger charge is 2.55. The van der Waals surface area contributed by atoms with Gasteiger partial charge in [-0.2, -0.15) is 22.7 Å². The average Bonchev–Trinajstić information content (AvgIpc) is 3.12. The van der Waals surface area contributed by atoms with E-state index in [-0.39, 0.29) is 0 Å². The zero-order chi connectivity index (χ0) is 25.7. The first-order valence-corrected chi connectivity index (χ1v) is 12.4. The fraction of sp³-hybridized carbons (Fsp3) is 0.368. The minimum Gasteiger partial charge on any atom is -0.393 e. The number of benzene rings is 1. The standard InChI is InChI=1S/C19H17F4N3O6S2/c1-11-15(4-5-16(25-11)19(21,22)23)34(31,32)26-8-17(18(28,9-26)10-27)33(29,30)13-3-2-12(7-24)14(20)6-13/h2-6,17,27-28H,8-10H2,1H3/t17?,18-/m1/s1. The van der Waals surface area contributed by atoms with Gasteiger partial charge in [-0.1, -0.05) is 0 Å². The molecular formula is C19H17F4N3O6S2. The third kappa shape index (κ3) is 4.39. The lowest BCUT2D eigenvalue weighted by Crippen LogP contribution is -2.49. The first kappa shape index (κ1) is 26.0. The summed E-state index contributed by atoms with van der Waals surface area (Å²) in [6.45, 7) is -1.96. The number of alkyl halides is 3. The molecule has 2 heterocycles. The number of β-amino-alcohol motifs (C(OH)–C–C–N with tert-alkyl or cyclic N) is 1. The van der Waals surface area contributed by atoms with Gasteiger partial charge in [0.25, 0.3) is 0 Å². The van der Waals surface area contributed by atoms with Crippen molar-refractivity contribution in [2.45, 2.75) is 33.7 Å². The molecule has 9 nitrogen and oxygen atoms in total. The number of aliphatic hydroxyl groups excluding tert-OH is 1. The van der Waals surface area contributed by atoms with E-state index in [1.54, 1.807) is 0 Å². The summed E-state index contributed by atoms with van der Waals surface area (Å²) in [4.78, 5) is 1.94. The third-order valence-electron chi connectivity index (χ3n) is 5.40. The Balaban J connectivity index is 2.03. The molecule has 1 saturated heterocycles. The number of sulfone groups is 1. The highest BCUT2D eigenvalue weighted by atomic mass is 32.2. The van der Waals surface area contributed by atoms with E-state index in [1.807, 2.05) is 0 Å². The van der Waals surface area contributed by atoms with Gasteiger partial charge >= 0.3 is 6.18 Å². The van der Waals surface area contributed by atoms with Crippen LogP contribution >= 0.6 is 0 Å². The molecule has 1 aromatic heterocycles. The van der Waals surface area contributed by atoms with E-state index in [1.165, 1.54) is 6.07 Å². The van der Waals surface area contributed by atoms with Gasteiger partial charge in [-0.25, -0.2) is 26.2 Å². The maximum absolute atomic E-state index is 14.0. The van der Waals surface area contributed by atoms with Crippen LogP contribution in [-0.4, -0.2) is 66.9 Å². The van der Waals surface area contributed by atoms with Gasteiger partial charge in [0.05, 0.1) is 22.8 Å². The second-order valence-electron chi connectivity index (χ2n) is 7.62. The summed E-state index contributed by atoms with van der Waals surface area (Å²) in [6, 6.07) is 4.94. The van der Waals surface area contributed by atoms with Crippen LogP contribution in [0.15, 0.2) is 40.1 Å². The predicted octanol–water partition coefficient (Wildman–Crippen LogP) is 0.990. The van der Waals surface area contributed by atoms with Gasteiger partial charge in [-0.3, -0.25) is 0 Å². The summed E-state index contributed by atoms with van der Waals surface area (Å²) >= 11 is 0. The van der Waals surface area contributed by atoms with Crippen LogP contribution in [0, 0.1) is 24.1 Å². The average molecular weight is 523 g/mol. The number of aliphatic hydroxyl groups is 2. The molecule has 1 aromatic carbocycles. The lowest BCUT2D eigenvalue weighted by molar-refractivity contribution is -0.141. The predicted molar refractivity (Wildman–Crippen MR) is 107 cm³/mol. The summed E-state index contributed by atoms with van der Waals surface area (Å²) in [5.41, 5.74) is -4.80. The number of aromatic nitrogens is 1. The molecular weight excluding hydrogens is 506 g/mol. The molecule has 0 saturated carbocycles.